The molecule has 2 N–H and O–H groups in total. The van der Waals surface area contributed by atoms with E-state index in [1.165, 1.54) is 0 Å². The minimum atomic E-state index is -0.501. The predicted molar refractivity (Wildman–Crippen MR) is 123 cm³/mol. The first-order valence-electron chi connectivity index (χ1n) is 11.3. The number of amides is 1. The van der Waals surface area contributed by atoms with Gasteiger partial charge in [0, 0.05) is 25.5 Å². The Bertz CT molecular complexity index is 467. The summed E-state index contributed by atoms with van der Waals surface area (Å²) in [7, 11) is 0. The second-order valence-corrected chi connectivity index (χ2v) is 6.49. The lowest BCUT2D eigenvalue weighted by atomic mass is 10.2. The molecule has 0 aliphatic carbocycles. The maximum absolute atomic E-state index is 10.5. The van der Waals surface area contributed by atoms with Crippen LogP contribution in [0.3, 0.4) is 0 Å². The standard InChI is InChI=1S/C12H22O4.C6H11NO2.C5H8O3/c13-9-5-1-3-7-11-15-16-12-8-4-2-6-10-14;1-2-4-7-6(9)3-5-8;1-2-5(7)8-4-3-6/h9-10H,1-8,11-12H2;5H,2-4H2,1H3,(H,7,9);2,6H,1,3-4H2. The van der Waals surface area contributed by atoms with E-state index in [2.05, 4.69) is 16.6 Å². The molecule has 0 saturated carbocycles. The number of carbonyl (C=O) groups excluding carboxylic acids is 5. The van der Waals surface area contributed by atoms with E-state index in [0.29, 0.717) is 38.9 Å². The molecule has 10 nitrogen and oxygen atoms in total. The van der Waals surface area contributed by atoms with Gasteiger partial charge in [-0.1, -0.05) is 26.3 Å². The molecular formula is C23H41NO9. The monoisotopic (exact) mass is 475 g/mol. The van der Waals surface area contributed by atoms with Crippen molar-refractivity contribution in [3.8, 4) is 0 Å². The number of hydrogen-bond acceptors (Lipinski definition) is 9. The lowest BCUT2D eigenvalue weighted by molar-refractivity contribution is -0.295. The smallest absolute Gasteiger partial charge is 0.330 e. The van der Waals surface area contributed by atoms with E-state index in [-0.39, 0.29) is 25.5 Å². The highest BCUT2D eigenvalue weighted by atomic mass is 17.2. The van der Waals surface area contributed by atoms with E-state index in [1.807, 2.05) is 6.92 Å². The Hall–Kier alpha value is -2.43. The maximum atomic E-state index is 10.5. The molecule has 0 heterocycles. The third kappa shape index (κ3) is 40.5. The van der Waals surface area contributed by atoms with Crippen LogP contribution < -0.4 is 5.32 Å². The second-order valence-electron chi connectivity index (χ2n) is 6.49. The molecule has 0 unspecified atom stereocenters. The van der Waals surface area contributed by atoms with Gasteiger partial charge in [0.1, 0.15) is 25.5 Å². The molecule has 0 bridgehead atoms. The van der Waals surface area contributed by atoms with Gasteiger partial charge in [-0.3, -0.25) is 4.79 Å². The van der Waals surface area contributed by atoms with Gasteiger partial charge in [-0.25, -0.2) is 14.6 Å². The van der Waals surface area contributed by atoms with E-state index in [1.54, 1.807) is 0 Å². The molecule has 0 aromatic heterocycles. The second kappa shape index (κ2) is 34.2. The predicted octanol–water partition coefficient (Wildman–Crippen LogP) is 2.26. The summed E-state index contributed by atoms with van der Waals surface area (Å²) in [5.41, 5.74) is 0. The fourth-order valence-electron chi connectivity index (χ4n) is 1.87. The molecule has 0 fully saturated rings. The molecular weight excluding hydrogens is 434 g/mol. The number of aldehydes is 3. The summed E-state index contributed by atoms with van der Waals surface area (Å²) in [6, 6.07) is 0. The van der Waals surface area contributed by atoms with Crippen LogP contribution in [0.15, 0.2) is 12.7 Å². The van der Waals surface area contributed by atoms with Crippen LogP contribution in [0.25, 0.3) is 0 Å². The van der Waals surface area contributed by atoms with Crippen LogP contribution in [0, 0.1) is 0 Å². The number of rotatable bonds is 20. The Morgan fingerprint density at radius 3 is 1.79 bits per heavy atom. The highest BCUT2D eigenvalue weighted by Gasteiger charge is 1.95. The molecule has 0 spiro atoms. The highest BCUT2D eigenvalue weighted by Crippen LogP contribution is 2.00. The van der Waals surface area contributed by atoms with Crippen molar-refractivity contribution in [2.75, 3.05) is 33.0 Å². The lowest BCUT2D eigenvalue weighted by Gasteiger charge is -2.03. The molecule has 0 aromatic rings. The van der Waals surface area contributed by atoms with E-state index in [4.69, 9.17) is 14.9 Å². The number of aliphatic hydroxyl groups excluding tert-OH is 1. The first-order valence-corrected chi connectivity index (χ1v) is 11.3. The van der Waals surface area contributed by atoms with Crippen LogP contribution in [0.1, 0.15) is 71.1 Å². The molecule has 1 amide bonds. The van der Waals surface area contributed by atoms with Crippen LogP contribution in [0.2, 0.25) is 0 Å². The minimum absolute atomic E-state index is 0.0139. The van der Waals surface area contributed by atoms with E-state index in [9.17, 15) is 24.0 Å². The topological polar surface area (TPSA) is 145 Å². The van der Waals surface area contributed by atoms with Crippen LogP contribution >= 0.6 is 0 Å². The van der Waals surface area contributed by atoms with Crippen molar-refractivity contribution in [3.63, 3.8) is 0 Å². The fourth-order valence-corrected chi connectivity index (χ4v) is 1.87. The number of esters is 1. The molecule has 0 aliphatic rings. The van der Waals surface area contributed by atoms with Gasteiger partial charge in [-0.05, 0) is 32.1 Å². The normalized spacial score (nSPS) is 9.27. The van der Waals surface area contributed by atoms with Crippen molar-refractivity contribution in [2.45, 2.75) is 71.1 Å². The fraction of sp³-hybridized carbons (Fsp3) is 0.696. The summed E-state index contributed by atoms with van der Waals surface area (Å²) in [5.74, 6) is -0.689. The Morgan fingerprint density at radius 1 is 0.848 bits per heavy atom. The summed E-state index contributed by atoms with van der Waals surface area (Å²) in [6.07, 6.45) is 11.4. The van der Waals surface area contributed by atoms with Crippen molar-refractivity contribution >= 4 is 30.7 Å². The Labute approximate surface area is 197 Å². The number of ether oxygens (including phenoxy) is 1. The van der Waals surface area contributed by atoms with Crippen molar-refractivity contribution < 1.29 is 43.6 Å². The molecule has 192 valence electrons. The van der Waals surface area contributed by atoms with E-state index < -0.39 is 5.97 Å². The van der Waals surface area contributed by atoms with Gasteiger partial charge in [-0.15, -0.1) is 0 Å². The molecule has 0 aromatic carbocycles. The first kappa shape index (κ1) is 35.2. The summed E-state index contributed by atoms with van der Waals surface area (Å²) >= 11 is 0. The van der Waals surface area contributed by atoms with Crippen LogP contribution in [-0.2, 0) is 38.5 Å². The lowest BCUT2D eigenvalue weighted by Crippen LogP contribution is -2.23. The molecule has 33 heavy (non-hydrogen) atoms. The number of aliphatic hydroxyl groups is 1. The zero-order valence-corrected chi connectivity index (χ0v) is 19.8. The van der Waals surface area contributed by atoms with Crippen LogP contribution in [0.4, 0.5) is 0 Å². The molecule has 10 heteroatoms. The van der Waals surface area contributed by atoms with Crippen molar-refractivity contribution in [1.29, 1.82) is 0 Å². The number of nitrogens with one attached hydrogen (secondary N) is 1. The largest absolute Gasteiger partial charge is 0.460 e. The van der Waals surface area contributed by atoms with E-state index in [0.717, 1.165) is 63.6 Å². The highest BCUT2D eigenvalue weighted by molar-refractivity contribution is 5.87. The van der Waals surface area contributed by atoms with Gasteiger partial charge in [0.25, 0.3) is 0 Å². The quantitative estimate of drug-likeness (QED) is 0.0515. The summed E-state index contributed by atoms with van der Waals surface area (Å²) < 4.78 is 4.33. The van der Waals surface area contributed by atoms with Gasteiger partial charge in [-0.2, -0.15) is 0 Å². The van der Waals surface area contributed by atoms with Gasteiger partial charge >= 0.3 is 5.97 Å². The number of hydrogen-bond donors (Lipinski definition) is 2. The van der Waals surface area contributed by atoms with Crippen LogP contribution in [-0.4, -0.2) is 68.8 Å². The first-order chi connectivity index (χ1) is 16.0. The van der Waals surface area contributed by atoms with Crippen molar-refractivity contribution in [3.05, 3.63) is 12.7 Å². The van der Waals surface area contributed by atoms with Gasteiger partial charge < -0.3 is 29.5 Å². The van der Waals surface area contributed by atoms with Gasteiger partial charge in [0.2, 0.25) is 5.91 Å². The SMILES string of the molecule is C=CC(=O)OCCO.CCCNC(=O)CC=O.O=CCCCCCOOCCCCCC=O. The third-order valence-electron chi connectivity index (χ3n) is 3.53. The van der Waals surface area contributed by atoms with Crippen molar-refractivity contribution in [2.24, 2.45) is 0 Å². The van der Waals surface area contributed by atoms with Gasteiger partial charge in [0.05, 0.1) is 26.2 Å². The Balaban J connectivity index is -0.000000449. The number of carbonyl (C=O) groups is 5. The molecule has 0 aliphatic heterocycles. The van der Waals surface area contributed by atoms with Crippen molar-refractivity contribution in [1.82, 2.24) is 5.32 Å². The maximum Gasteiger partial charge on any atom is 0.330 e. The summed E-state index contributed by atoms with van der Waals surface area (Å²) in [5, 5.41) is 10.7. The van der Waals surface area contributed by atoms with Crippen LogP contribution in [0.5, 0.6) is 0 Å². The number of unbranched alkanes of at least 4 members (excludes halogenated alkanes) is 6. The molecule has 0 saturated heterocycles. The average Bonchev–Trinajstić information content (AvgIpc) is 2.83. The summed E-state index contributed by atoms with van der Waals surface area (Å²) in [6.45, 7) is 6.86. The molecule has 0 radical (unpaired) electrons. The Morgan fingerprint density at radius 2 is 1.39 bits per heavy atom. The molecule has 0 atom stereocenters. The Kier molecular flexibility index (Phi) is 36.4. The van der Waals surface area contributed by atoms with E-state index >= 15 is 0 Å². The zero-order valence-electron chi connectivity index (χ0n) is 19.8. The molecule has 0 rings (SSSR count). The third-order valence-corrected chi connectivity index (χ3v) is 3.53. The minimum Gasteiger partial charge on any atom is -0.460 e. The van der Waals surface area contributed by atoms with Gasteiger partial charge in [0.15, 0.2) is 0 Å². The zero-order chi connectivity index (χ0) is 25.4. The average molecular weight is 476 g/mol. The summed E-state index contributed by atoms with van der Waals surface area (Å²) in [4.78, 5) is 60.2.